The Hall–Kier alpha value is -1.22. The van der Waals surface area contributed by atoms with Gasteiger partial charge in [-0.05, 0) is 25.0 Å². The minimum absolute atomic E-state index is 0.00386. The second-order valence-electron chi connectivity index (χ2n) is 4.70. The number of benzene rings is 1. The van der Waals surface area contributed by atoms with Gasteiger partial charge in [0.25, 0.3) is 0 Å². The molecule has 1 aromatic rings. The van der Waals surface area contributed by atoms with E-state index in [-0.39, 0.29) is 5.91 Å². The molecule has 19 heavy (non-hydrogen) atoms. The zero-order valence-electron chi connectivity index (χ0n) is 11.8. The fraction of sp³-hybridized carbons (Fsp3) is 0.533. The van der Waals surface area contributed by atoms with Crippen molar-refractivity contribution in [2.45, 2.75) is 40.0 Å². The van der Waals surface area contributed by atoms with Crippen LogP contribution in [0, 0.1) is 5.92 Å². The monoisotopic (exact) mass is 283 g/mol. The lowest BCUT2D eigenvalue weighted by Crippen LogP contribution is -2.16. The van der Waals surface area contributed by atoms with Crippen LogP contribution in [0.3, 0.4) is 0 Å². The lowest BCUT2D eigenvalue weighted by Gasteiger charge is -2.14. The minimum atomic E-state index is 0.00386. The molecule has 0 aliphatic carbocycles. The Morgan fingerprint density at radius 1 is 1.42 bits per heavy atom. The zero-order chi connectivity index (χ0) is 14.3. The van der Waals surface area contributed by atoms with E-state index in [2.05, 4.69) is 19.2 Å². The molecule has 0 heterocycles. The molecule has 106 valence electrons. The molecule has 0 saturated carbocycles. The van der Waals surface area contributed by atoms with E-state index in [1.54, 1.807) is 18.2 Å². The van der Waals surface area contributed by atoms with E-state index in [1.807, 2.05) is 6.92 Å². The third-order valence-corrected chi connectivity index (χ3v) is 3.14. The van der Waals surface area contributed by atoms with Gasteiger partial charge in [0, 0.05) is 6.42 Å². The summed E-state index contributed by atoms with van der Waals surface area (Å²) in [6, 6.07) is 5.36. The van der Waals surface area contributed by atoms with Gasteiger partial charge < -0.3 is 10.1 Å². The number of rotatable bonds is 7. The molecule has 1 unspecified atom stereocenters. The number of ether oxygens (including phenoxy) is 1. The van der Waals surface area contributed by atoms with Gasteiger partial charge in [-0.3, -0.25) is 4.79 Å². The van der Waals surface area contributed by atoms with E-state index in [4.69, 9.17) is 16.3 Å². The first-order valence-electron chi connectivity index (χ1n) is 6.79. The van der Waals surface area contributed by atoms with Crippen molar-refractivity contribution in [1.82, 2.24) is 0 Å². The highest BCUT2D eigenvalue weighted by Gasteiger charge is 2.13. The van der Waals surface area contributed by atoms with Gasteiger partial charge in [0.1, 0.15) is 0 Å². The van der Waals surface area contributed by atoms with E-state index in [0.717, 1.165) is 12.8 Å². The summed E-state index contributed by atoms with van der Waals surface area (Å²) in [5.74, 6) is 0.937. The second-order valence-corrected chi connectivity index (χ2v) is 5.10. The third-order valence-electron chi connectivity index (χ3n) is 2.85. The van der Waals surface area contributed by atoms with Gasteiger partial charge >= 0.3 is 0 Å². The molecular formula is C15H22ClNO2. The number of para-hydroxylation sites is 1. The maximum absolute atomic E-state index is 12.0. The molecule has 1 aromatic carbocycles. The van der Waals surface area contributed by atoms with Gasteiger partial charge in [0.15, 0.2) is 5.75 Å². The summed E-state index contributed by atoms with van der Waals surface area (Å²) >= 11 is 6.07. The van der Waals surface area contributed by atoms with Crippen molar-refractivity contribution in [2.75, 3.05) is 11.9 Å². The SMILES string of the molecule is CCCC(C)CC(=O)Nc1cccc(Cl)c1OCC. The Morgan fingerprint density at radius 2 is 2.16 bits per heavy atom. The second kappa shape index (κ2) is 8.05. The smallest absolute Gasteiger partial charge is 0.224 e. The Morgan fingerprint density at radius 3 is 2.79 bits per heavy atom. The van der Waals surface area contributed by atoms with Crippen LogP contribution < -0.4 is 10.1 Å². The van der Waals surface area contributed by atoms with E-state index in [9.17, 15) is 4.79 Å². The lowest BCUT2D eigenvalue weighted by atomic mass is 10.0. The van der Waals surface area contributed by atoms with Crippen LogP contribution in [0.15, 0.2) is 18.2 Å². The number of hydrogen-bond donors (Lipinski definition) is 1. The molecule has 0 bridgehead atoms. The van der Waals surface area contributed by atoms with Crippen LogP contribution in [-0.4, -0.2) is 12.5 Å². The number of nitrogens with one attached hydrogen (secondary N) is 1. The predicted octanol–water partition coefficient (Wildman–Crippen LogP) is 4.50. The largest absolute Gasteiger partial charge is 0.490 e. The van der Waals surface area contributed by atoms with Gasteiger partial charge in [-0.15, -0.1) is 0 Å². The summed E-state index contributed by atoms with van der Waals surface area (Å²) in [4.78, 5) is 12.0. The van der Waals surface area contributed by atoms with Crippen LogP contribution >= 0.6 is 11.6 Å². The van der Waals surface area contributed by atoms with E-state index in [0.29, 0.717) is 35.4 Å². The van der Waals surface area contributed by atoms with Gasteiger partial charge in [-0.1, -0.05) is 44.4 Å². The van der Waals surface area contributed by atoms with Gasteiger partial charge in [0.05, 0.1) is 17.3 Å². The van der Waals surface area contributed by atoms with Crippen molar-refractivity contribution in [2.24, 2.45) is 5.92 Å². The fourth-order valence-electron chi connectivity index (χ4n) is 2.01. The quantitative estimate of drug-likeness (QED) is 0.800. The summed E-state index contributed by atoms with van der Waals surface area (Å²) in [7, 11) is 0. The Labute approximate surface area is 120 Å². The van der Waals surface area contributed by atoms with Crippen LogP contribution in [0.5, 0.6) is 5.75 Å². The van der Waals surface area contributed by atoms with E-state index >= 15 is 0 Å². The van der Waals surface area contributed by atoms with Crippen molar-refractivity contribution in [3.8, 4) is 5.75 Å². The van der Waals surface area contributed by atoms with Crippen molar-refractivity contribution in [1.29, 1.82) is 0 Å². The summed E-state index contributed by atoms with van der Waals surface area (Å²) in [5, 5.41) is 3.39. The minimum Gasteiger partial charge on any atom is -0.490 e. The lowest BCUT2D eigenvalue weighted by molar-refractivity contribution is -0.117. The number of anilines is 1. The van der Waals surface area contributed by atoms with Crippen LogP contribution in [0.25, 0.3) is 0 Å². The predicted molar refractivity (Wildman–Crippen MR) is 79.9 cm³/mol. The van der Waals surface area contributed by atoms with Crippen LogP contribution in [0.2, 0.25) is 5.02 Å². The van der Waals surface area contributed by atoms with Crippen molar-refractivity contribution in [3.05, 3.63) is 23.2 Å². The number of carbonyl (C=O) groups excluding carboxylic acids is 1. The molecule has 1 rings (SSSR count). The first-order valence-corrected chi connectivity index (χ1v) is 7.17. The molecule has 0 aromatic heterocycles. The highest BCUT2D eigenvalue weighted by atomic mass is 35.5. The molecule has 0 radical (unpaired) electrons. The standard InChI is InChI=1S/C15H22ClNO2/c1-4-7-11(3)10-14(18)17-13-9-6-8-12(16)15(13)19-5-2/h6,8-9,11H,4-5,7,10H2,1-3H3,(H,17,18). The first-order chi connectivity index (χ1) is 9.08. The number of amides is 1. The van der Waals surface area contributed by atoms with Gasteiger partial charge in [-0.25, -0.2) is 0 Å². The summed E-state index contributed by atoms with van der Waals surface area (Å²) in [6.45, 7) is 6.61. The number of halogens is 1. The molecule has 4 heteroatoms. The molecule has 3 nitrogen and oxygen atoms in total. The molecule has 1 atom stereocenters. The third kappa shape index (κ3) is 5.11. The maximum atomic E-state index is 12.0. The molecule has 0 fully saturated rings. The average Bonchev–Trinajstić information content (AvgIpc) is 2.33. The molecule has 1 N–H and O–H groups in total. The Bertz CT molecular complexity index is 421. The van der Waals surface area contributed by atoms with Crippen LogP contribution in [-0.2, 0) is 4.79 Å². The van der Waals surface area contributed by atoms with Gasteiger partial charge in [0.2, 0.25) is 5.91 Å². The molecular weight excluding hydrogens is 262 g/mol. The van der Waals surface area contributed by atoms with Crippen LogP contribution in [0.1, 0.15) is 40.0 Å². The van der Waals surface area contributed by atoms with E-state index < -0.39 is 0 Å². The zero-order valence-corrected chi connectivity index (χ0v) is 12.6. The van der Waals surface area contributed by atoms with Gasteiger partial charge in [-0.2, -0.15) is 0 Å². The summed E-state index contributed by atoms with van der Waals surface area (Å²) < 4.78 is 5.47. The average molecular weight is 284 g/mol. The van der Waals surface area contributed by atoms with Crippen molar-refractivity contribution in [3.63, 3.8) is 0 Å². The summed E-state index contributed by atoms with van der Waals surface area (Å²) in [6.07, 6.45) is 2.67. The summed E-state index contributed by atoms with van der Waals surface area (Å²) in [5.41, 5.74) is 0.642. The first kappa shape index (κ1) is 15.8. The topological polar surface area (TPSA) is 38.3 Å². The Kier molecular flexibility index (Phi) is 6.71. The number of carbonyl (C=O) groups is 1. The highest BCUT2D eigenvalue weighted by Crippen LogP contribution is 2.33. The van der Waals surface area contributed by atoms with Crippen LogP contribution in [0.4, 0.5) is 5.69 Å². The normalized spacial score (nSPS) is 12.0. The van der Waals surface area contributed by atoms with Crippen molar-refractivity contribution >= 4 is 23.2 Å². The fourth-order valence-corrected chi connectivity index (χ4v) is 2.24. The molecule has 0 saturated heterocycles. The maximum Gasteiger partial charge on any atom is 0.224 e. The molecule has 1 amide bonds. The van der Waals surface area contributed by atoms with Crippen molar-refractivity contribution < 1.29 is 9.53 Å². The molecule has 0 aliphatic heterocycles. The Balaban J connectivity index is 2.71. The number of hydrogen-bond acceptors (Lipinski definition) is 2. The molecule has 0 spiro atoms. The highest BCUT2D eigenvalue weighted by molar-refractivity contribution is 6.32. The van der Waals surface area contributed by atoms with E-state index in [1.165, 1.54) is 0 Å². The molecule has 0 aliphatic rings.